The summed E-state index contributed by atoms with van der Waals surface area (Å²) in [5.74, 6) is 1.07. The van der Waals surface area contributed by atoms with Gasteiger partial charge in [-0.2, -0.15) is 0 Å². The van der Waals surface area contributed by atoms with E-state index in [0.29, 0.717) is 6.04 Å². The van der Waals surface area contributed by atoms with E-state index in [1.165, 1.54) is 19.4 Å². The number of piperidine rings is 1. The summed E-state index contributed by atoms with van der Waals surface area (Å²) in [5, 5.41) is 3.63. The predicted molar refractivity (Wildman–Crippen MR) is 76.0 cm³/mol. The van der Waals surface area contributed by atoms with Gasteiger partial charge in [0.2, 0.25) is 5.91 Å². The van der Waals surface area contributed by atoms with Crippen LogP contribution in [0.1, 0.15) is 46.5 Å². The summed E-state index contributed by atoms with van der Waals surface area (Å²) < 4.78 is 5.55. The topological polar surface area (TPSA) is 41.6 Å². The van der Waals surface area contributed by atoms with Crippen LogP contribution >= 0.6 is 0 Å². The first-order valence-corrected chi connectivity index (χ1v) is 7.59. The molecule has 2 rings (SSSR count). The lowest BCUT2D eigenvalue weighted by Gasteiger charge is -2.33. The van der Waals surface area contributed by atoms with E-state index in [9.17, 15) is 4.79 Å². The van der Waals surface area contributed by atoms with E-state index in [0.717, 1.165) is 31.8 Å². The minimum atomic E-state index is -0.236. The molecule has 4 heteroatoms. The average Bonchev–Trinajstić information content (AvgIpc) is 3.17. The fraction of sp³-hybridized carbons (Fsp3) is 0.933. The predicted octanol–water partition coefficient (Wildman–Crippen LogP) is 1.79. The summed E-state index contributed by atoms with van der Waals surface area (Å²) in [4.78, 5) is 14.0. The Balaban J connectivity index is 1.62. The van der Waals surface area contributed by atoms with Crippen LogP contribution in [-0.2, 0) is 9.53 Å². The van der Waals surface area contributed by atoms with Crippen LogP contribution in [0.3, 0.4) is 0 Å². The molecule has 1 aliphatic carbocycles. The summed E-state index contributed by atoms with van der Waals surface area (Å²) in [5.41, 5.74) is -0.236. The Hall–Kier alpha value is -0.610. The maximum atomic E-state index is 12.0. The van der Waals surface area contributed by atoms with Crippen molar-refractivity contribution in [2.24, 2.45) is 5.92 Å². The normalized spacial score (nSPS) is 21.7. The molecule has 1 N–H and O–H groups in total. The van der Waals surface area contributed by atoms with Crippen LogP contribution in [0.4, 0.5) is 0 Å². The van der Waals surface area contributed by atoms with Crippen molar-refractivity contribution < 1.29 is 9.53 Å². The molecule has 1 heterocycles. The zero-order valence-electron chi connectivity index (χ0n) is 12.6. The molecule has 0 aromatic heterocycles. The third-order valence-corrected chi connectivity index (χ3v) is 3.87. The molecule has 1 saturated carbocycles. The highest BCUT2D eigenvalue weighted by Crippen LogP contribution is 2.28. The smallest absolute Gasteiger partial charge is 0.248 e. The van der Waals surface area contributed by atoms with Crippen LogP contribution in [0.25, 0.3) is 0 Å². The molecule has 2 fully saturated rings. The third kappa shape index (κ3) is 5.49. The molecule has 0 bridgehead atoms. The molecule has 0 aromatic carbocycles. The van der Waals surface area contributed by atoms with E-state index in [4.69, 9.17) is 4.74 Å². The number of rotatable bonds is 5. The molecule has 0 aromatic rings. The Labute approximate surface area is 116 Å². The Morgan fingerprint density at radius 1 is 1.21 bits per heavy atom. The molecule has 1 saturated heterocycles. The minimum absolute atomic E-state index is 0.135. The molecule has 0 unspecified atom stereocenters. The van der Waals surface area contributed by atoms with Gasteiger partial charge < -0.3 is 15.0 Å². The summed E-state index contributed by atoms with van der Waals surface area (Å²) in [6.45, 7) is 9.07. The highest BCUT2D eigenvalue weighted by atomic mass is 16.5. The van der Waals surface area contributed by atoms with Gasteiger partial charge in [-0.1, -0.05) is 0 Å². The number of hydrogen-bond acceptors (Lipinski definition) is 3. The molecule has 19 heavy (non-hydrogen) atoms. The van der Waals surface area contributed by atoms with E-state index in [-0.39, 0.29) is 18.1 Å². The van der Waals surface area contributed by atoms with Crippen LogP contribution in [0, 0.1) is 5.92 Å². The number of nitrogens with zero attached hydrogens (tertiary/aromatic N) is 1. The van der Waals surface area contributed by atoms with E-state index in [2.05, 4.69) is 5.32 Å². The molecular weight excluding hydrogens is 240 g/mol. The number of ether oxygens (including phenoxy) is 1. The van der Waals surface area contributed by atoms with E-state index < -0.39 is 0 Å². The highest BCUT2D eigenvalue weighted by molar-refractivity contribution is 5.77. The largest absolute Gasteiger partial charge is 0.366 e. The maximum Gasteiger partial charge on any atom is 0.248 e. The van der Waals surface area contributed by atoms with Gasteiger partial charge in [0.25, 0.3) is 0 Å². The van der Waals surface area contributed by atoms with Gasteiger partial charge in [0.1, 0.15) is 6.61 Å². The quantitative estimate of drug-likeness (QED) is 0.826. The van der Waals surface area contributed by atoms with Crippen LogP contribution in [0.5, 0.6) is 0 Å². The van der Waals surface area contributed by atoms with Gasteiger partial charge in [0, 0.05) is 19.1 Å². The minimum Gasteiger partial charge on any atom is -0.366 e. The van der Waals surface area contributed by atoms with Gasteiger partial charge >= 0.3 is 0 Å². The van der Waals surface area contributed by atoms with Crippen molar-refractivity contribution in [2.75, 3.05) is 26.2 Å². The molecule has 0 atom stereocenters. The third-order valence-electron chi connectivity index (χ3n) is 3.87. The van der Waals surface area contributed by atoms with Gasteiger partial charge in [-0.05, 0) is 58.9 Å². The number of nitrogens with one attached hydrogen (secondary N) is 1. The van der Waals surface area contributed by atoms with Crippen molar-refractivity contribution in [3.05, 3.63) is 0 Å². The van der Waals surface area contributed by atoms with Crippen molar-refractivity contribution in [1.29, 1.82) is 0 Å². The molecule has 1 aliphatic heterocycles. The monoisotopic (exact) mass is 268 g/mol. The van der Waals surface area contributed by atoms with Gasteiger partial charge in [-0.15, -0.1) is 0 Å². The lowest BCUT2D eigenvalue weighted by Crippen LogP contribution is -2.46. The number of carbonyl (C=O) groups is 1. The molecular formula is C15H28N2O2. The molecule has 4 nitrogen and oxygen atoms in total. The lowest BCUT2D eigenvalue weighted by molar-refractivity contribution is -0.142. The molecule has 2 aliphatic rings. The van der Waals surface area contributed by atoms with E-state index in [1.54, 1.807) is 0 Å². The number of amides is 1. The fourth-order valence-corrected chi connectivity index (χ4v) is 2.36. The van der Waals surface area contributed by atoms with Gasteiger partial charge in [0.05, 0.1) is 5.60 Å². The van der Waals surface area contributed by atoms with Gasteiger partial charge in [-0.3, -0.25) is 4.79 Å². The second-order valence-electron chi connectivity index (χ2n) is 6.91. The molecule has 0 radical (unpaired) electrons. The average molecular weight is 268 g/mol. The summed E-state index contributed by atoms with van der Waals surface area (Å²) in [7, 11) is 0. The first-order chi connectivity index (χ1) is 8.94. The van der Waals surface area contributed by atoms with Gasteiger partial charge in [0.15, 0.2) is 0 Å². The van der Waals surface area contributed by atoms with Gasteiger partial charge in [-0.25, -0.2) is 0 Å². The first kappa shape index (κ1) is 14.8. The van der Waals surface area contributed by atoms with Crippen LogP contribution in [0.2, 0.25) is 0 Å². The lowest BCUT2D eigenvalue weighted by atomic mass is 10.0. The SMILES string of the molecule is CC(C)(C)OCC(=O)N1CCC(NCC2CC2)CC1. The Morgan fingerprint density at radius 3 is 2.37 bits per heavy atom. The Morgan fingerprint density at radius 2 is 1.84 bits per heavy atom. The standard InChI is InChI=1S/C15H28N2O2/c1-15(2,3)19-11-14(18)17-8-6-13(7-9-17)16-10-12-4-5-12/h12-13,16H,4-11H2,1-3H3. The summed E-state index contributed by atoms with van der Waals surface area (Å²) in [6, 6.07) is 0.605. The number of hydrogen-bond donors (Lipinski definition) is 1. The van der Waals surface area contributed by atoms with Crippen molar-refractivity contribution in [3.63, 3.8) is 0 Å². The molecule has 1 amide bonds. The molecule has 110 valence electrons. The van der Waals surface area contributed by atoms with Crippen LogP contribution < -0.4 is 5.32 Å². The van der Waals surface area contributed by atoms with E-state index in [1.807, 2.05) is 25.7 Å². The number of likely N-dealkylation sites (tertiary alicyclic amines) is 1. The zero-order chi connectivity index (χ0) is 13.9. The second-order valence-corrected chi connectivity index (χ2v) is 6.91. The Bertz CT molecular complexity index is 300. The number of carbonyl (C=O) groups excluding carboxylic acids is 1. The summed E-state index contributed by atoms with van der Waals surface area (Å²) >= 11 is 0. The van der Waals surface area contributed by atoms with E-state index >= 15 is 0 Å². The molecule has 0 spiro atoms. The van der Waals surface area contributed by atoms with Crippen molar-refractivity contribution >= 4 is 5.91 Å². The second kappa shape index (κ2) is 6.23. The first-order valence-electron chi connectivity index (χ1n) is 7.59. The van der Waals surface area contributed by atoms with Crippen LogP contribution in [-0.4, -0.2) is 48.7 Å². The highest BCUT2D eigenvalue weighted by Gasteiger charge is 2.26. The van der Waals surface area contributed by atoms with Crippen molar-refractivity contribution in [3.8, 4) is 0 Å². The fourth-order valence-electron chi connectivity index (χ4n) is 2.36. The van der Waals surface area contributed by atoms with Crippen LogP contribution in [0.15, 0.2) is 0 Å². The zero-order valence-corrected chi connectivity index (χ0v) is 12.6. The van der Waals surface area contributed by atoms with Crippen molar-refractivity contribution in [1.82, 2.24) is 10.2 Å². The van der Waals surface area contributed by atoms with Crippen molar-refractivity contribution in [2.45, 2.75) is 58.1 Å². The Kier molecular flexibility index (Phi) is 4.85. The summed E-state index contributed by atoms with van der Waals surface area (Å²) in [6.07, 6.45) is 4.95. The maximum absolute atomic E-state index is 12.0.